The van der Waals surface area contributed by atoms with Crippen molar-refractivity contribution in [2.24, 2.45) is 11.8 Å². The van der Waals surface area contributed by atoms with Crippen molar-refractivity contribution in [1.82, 2.24) is 9.97 Å². The van der Waals surface area contributed by atoms with E-state index in [1.807, 2.05) is 6.07 Å². The minimum absolute atomic E-state index is 0.158. The van der Waals surface area contributed by atoms with Crippen LogP contribution in [0.3, 0.4) is 0 Å². The van der Waals surface area contributed by atoms with E-state index in [4.69, 9.17) is 5.73 Å². The third-order valence-electron chi connectivity index (χ3n) is 3.64. The van der Waals surface area contributed by atoms with Gasteiger partial charge in [0.15, 0.2) is 0 Å². The number of nitrogens with one attached hydrogen (secondary N) is 2. The van der Waals surface area contributed by atoms with Crippen LogP contribution in [0.4, 0.5) is 11.4 Å². The number of H-pyrrole nitrogens is 1. The van der Waals surface area contributed by atoms with Gasteiger partial charge in [-0.1, -0.05) is 6.92 Å². The Morgan fingerprint density at radius 3 is 3.06 bits per heavy atom. The lowest BCUT2D eigenvalue weighted by atomic mass is 10.2. The summed E-state index contributed by atoms with van der Waals surface area (Å²) in [6.07, 6.45) is 2.69. The Hall–Kier alpha value is -2.04. The summed E-state index contributed by atoms with van der Waals surface area (Å²) in [5, 5.41) is 3.87. The number of rotatable bonds is 3. The highest BCUT2D eigenvalue weighted by molar-refractivity contribution is 5.88. The summed E-state index contributed by atoms with van der Waals surface area (Å²) in [5.74, 6) is 1.55. The van der Waals surface area contributed by atoms with Crippen molar-refractivity contribution >= 4 is 22.3 Å². The monoisotopic (exact) mass is 244 g/mol. The highest BCUT2D eigenvalue weighted by Gasteiger charge is 2.31. The molecule has 18 heavy (non-hydrogen) atoms. The average Bonchev–Trinajstić information content (AvgIpc) is 3.04. The van der Waals surface area contributed by atoms with Crippen LogP contribution >= 0.6 is 0 Å². The molecule has 5 nitrogen and oxygen atoms in total. The van der Waals surface area contributed by atoms with Crippen molar-refractivity contribution < 1.29 is 0 Å². The van der Waals surface area contributed by atoms with Gasteiger partial charge >= 0.3 is 0 Å². The molecule has 3 rings (SSSR count). The summed E-state index contributed by atoms with van der Waals surface area (Å²) in [6.45, 7) is 3.18. The Bertz CT molecular complexity index is 649. The molecule has 2 aromatic rings. The first-order valence-electron chi connectivity index (χ1n) is 6.16. The van der Waals surface area contributed by atoms with E-state index in [0.717, 1.165) is 24.1 Å². The summed E-state index contributed by atoms with van der Waals surface area (Å²) in [5.41, 5.74) is 7.91. The van der Waals surface area contributed by atoms with E-state index in [2.05, 4.69) is 22.2 Å². The smallest absolute Gasteiger partial charge is 0.258 e. The first kappa shape index (κ1) is 11.1. The van der Waals surface area contributed by atoms with Gasteiger partial charge in [0.25, 0.3) is 5.56 Å². The van der Waals surface area contributed by atoms with E-state index in [1.54, 1.807) is 6.07 Å². The number of nitrogens with two attached hydrogens (primary N) is 1. The molecule has 1 heterocycles. The number of hydrogen-bond acceptors (Lipinski definition) is 4. The lowest BCUT2D eigenvalue weighted by molar-refractivity contribution is 0.787. The second kappa shape index (κ2) is 4.01. The maximum Gasteiger partial charge on any atom is 0.258 e. The SMILES string of the molecule is CC1CC1CNc1cc2nc[nH]c(=O)c2cc1N. The zero-order valence-electron chi connectivity index (χ0n) is 10.2. The topological polar surface area (TPSA) is 83.8 Å². The third-order valence-corrected chi connectivity index (χ3v) is 3.64. The fourth-order valence-electron chi connectivity index (χ4n) is 2.21. The zero-order chi connectivity index (χ0) is 12.7. The first-order valence-corrected chi connectivity index (χ1v) is 6.16. The van der Waals surface area contributed by atoms with Crippen LogP contribution in [0.15, 0.2) is 23.3 Å². The van der Waals surface area contributed by atoms with E-state index in [-0.39, 0.29) is 5.56 Å². The molecule has 0 radical (unpaired) electrons. The predicted octanol–water partition coefficient (Wildman–Crippen LogP) is 1.57. The molecule has 1 saturated carbocycles. The average molecular weight is 244 g/mol. The zero-order valence-corrected chi connectivity index (χ0v) is 10.2. The Labute approximate surface area is 104 Å². The van der Waals surface area contributed by atoms with Crippen molar-refractivity contribution in [3.63, 3.8) is 0 Å². The molecule has 1 aliphatic carbocycles. The van der Waals surface area contributed by atoms with Crippen LogP contribution in [-0.4, -0.2) is 16.5 Å². The quantitative estimate of drug-likeness (QED) is 0.716. The molecule has 1 aliphatic rings. The van der Waals surface area contributed by atoms with Crippen LogP contribution in [0, 0.1) is 11.8 Å². The molecule has 5 heteroatoms. The van der Waals surface area contributed by atoms with Gasteiger partial charge in [-0.05, 0) is 30.4 Å². The summed E-state index contributed by atoms with van der Waals surface area (Å²) >= 11 is 0. The van der Waals surface area contributed by atoms with Gasteiger partial charge < -0.3 is 16.0 Å². The number of hydrogen-bond donors (Lipinski definition) is 3. The maximum absolute atomic E-state index is 11.6. The van der Waals surface area contributed by atoms with Crippen molar-refractivity contribution in [1.29, 1.82) is 0 Å². The lowest BCUT2D eigenvalue weighted by Crippen LogP contribution is -2.10. The number of anilines is 2. The van der Waals surface area contributed by atoms with Crippen LogP contribution in [0.2, 0.25) is 0 Å². The van der Waals surface area contributed by atoms with E-state index < -0.39 is 0 Å². The molecule has 0 spiro atoms. The summed E-state index contributed by atoms with van der Waals surface area (Å²) in [4.78, 5) is 18.3. The van der Waals surface area contributed by atoms with Crippen LogP contribution in [0.25, 0.3) is 10.9 Å². The molecule has 2 atom stereocenters. The van der Waals surface area contributed by atoms with Crippen LogP contribution in [0.1, 0.15) is 13.3 Å². The standard InChI is InChI=1S/C13H16N4O/c1-7-2-8(7)5-15-12-4-11-9(3-10(12)14)13(18)17-6-16-11/h3-4,6-8,15H,2,5,14H2,1H3,(H,16,17,18). The summed E-state index contributed by atoms with van der Waals surface area (Å²) in [6, 6.07) is 3.52. The predicted molar refractivity (Wildman–Crippen MR) is 72.5 cm³/mol. The van der Waals surface area contributed by atoms with Crippen LogP contribution in [0.5, 0.6) is 0 Å². The van der Waals surface area contributed by atoms with Gasteiger partial charge in [-0.3, -0.25) is 4.79 Å². The summed E-state index contributed by atoms with van der Waals surface area (Å²) in [7, 11) is 0. The van der Waals surface area contributed by atoms with E-state index in [1.165, 1.54) is 12.7 Å². The van der Waals surface area contributed by atoms with Crippen LogP contribution in [-0.2, 0) is 0 Å². The Morgan fingerprint density at radius 2 is 2.33 bits per heavy atom. The second-order valence-corrected chi connectivity index (χ2v) is 5.04. The van der Waals surface area contributed by atoms with Crippen molar-refractivity contribution in [2.75, 3.05) is 17.6 Å². The van der Waals surface area contributed by atoms with E-state index >= 15 is 0 Å². The highest BCUT2D eigenvalue weighted by Crippen LogP contribution is 2.38. The number of fused-ring (bicyclic) bond motifs is 1. The number of benzene rings is 1. The molecule has 0 saturated heterocycles. The second-order valence-electron chi connectivity index (χ2n) is 5.04. The maximum atomic E-state index is 11.6. The van der Waals surface area contributed by atoms with Crippen molar-refractivity contribution in [3.05, 3.63) is 28.8 Å². The molecule has 2 unspecified atom stereocenters. The number of nitrogen functional groups attached to an aromatic ring is 1. The first-order chi connectivity index (χ1) is 8.65. The van der Waals surface area contributed by atoms with Crippen LogP contribution < -0.4 is 16.6 Å². The van der Waals surface area contributed by atoms with E-state index in [9.17, 15) is 4.79 Å². The molecular formula is C13H16N4O. The molecule has 0 amide bonds. The fraction of sp³-hybridized carbons (Fsp3) is 0.385. The van der Waals surface area contributed by atoms with Gasteiger partial charge in [0.05, 0.1) is 28.6 Å². The minimum atomic E-state index is -0.158. The molecule has 1 aromatic carbocycles. The summed E-state index contributed by atoms with van der Waals surface area (Å²) < 4.78 is 0. The van der Waals surface area contributed by atoms with Gasteiger partial charge in [0.2, 0.25) is 0 Å². The van der Waals surface area contributed by atoms with Gasteiger partial charge in [0.1, 0.15) is 0 Å². The fourth-order valence-corrected chi connectivity index (χ4v) is 2.21. The van der Waals surface area contributed by atoms with Gasteiger partial charge in [0, 0.05) is 6.54 Å². The third kappa shape index (κ3) is 1.92. The van der Waals surface area contributed by atoms with Gasteiger partial charge in [-0.25, -0.2) is 4.98 Å². The number of nitrogens with zero attached hydrogens (tertiary/aromatic N) is 1. The number of aromatic nitrogens is 2. The molecular weight excluding hydrogens is 228 g/mol. The number of aromatic amines is 1. The van der Waals surface area contributed by atoms with Crippen molar-refractivity contribution in [2.45, 2.75) is 13.3 Å². The largest absolute Gasteiger partial charge is 0.397 e. The molecule has 1 fully saturated rings. The molecule has 0 bridgehead atoms. The Morgan fingerprint density at radius 1 is 1.56 bits per heavy atom. The minimum Gasteiger partial charge on any atom is -0.397 e. The Balaban J connectivity index is 1.92. The highest BCUT2D eigenvalue weighted by atomic mass is 16.1. The van der Waals surface area contributed by atoms with Gasteiger partial charge in [-0.2, -0.15) is 0 Å². The lowest BCUT2D eigenvalue weighted by Gasteiger charge is -2.09. The van der Waals surface area contributed by atoms with Crippen molar-refractivity contribution in [3.8, 4) is 0 Å². The molecule has 1 aromatic heterocycles. The molecule has 94 valence electrons. The van der Waals surface area contributed by atoms with E-state index in [0.29, 0.717) is 16.6 Å². The molecule has 0 aliphatic heterocycles. The normalized spacial score (nSPS) is 22.1. The van der Waals surface area contributed by atoms with Gasteiger partial charge in [-0.15, -0.1) is 0 Å². The molecule has 4 N–H and O–H groups in total. The Kier molecular flexibility index (Phi) is 2.47.